The van der Waals surface area contributed by atoms with Crippen molar-refractivity contribution in [3.63, 3.8) is 0 Å². The quantitative estimate of drug-likeness (QED) is 0.195. The van der Waals surface area contributed by atoms with Crippen molar-refractivity contribution in [2.75, 3.05) is 6.54 Å². The third-order valence-electron chi connectivity index (χ3n) is 7.07. The van der Waals surface area contributed by atoms with Crippen molar-refractivity contribution < 1.29 is 19.1 Å². The highest BCUT2D eigenvalue weighted by molar-refractivity contribution is 5.92. The molecule has 0 spiro atoms. The lowest BCUT2D eigenvalue weighted by Crippen LogP contribution is -2.55. The summed E-state index contributed by atoms with van der Waals surface area (Å²) in [5.74, 6) is -0.655. The molecular weight excluding hydrogens is 502 g/mol. The minimum absolute atomic E-state index is 0.0330. The van der Waals surface area contributed by atoms with Crippen LogP contribution in [0.25, 0.3) is 6.08 Å². The number of amides is 3. The van der Waals surface area contributed by atoms with Gasteiger partial charge in [-0.05, 0) is 63.6 Å². The minimum Gasteiger partial charge on any atom is -0.444 e. The van der Waals surface area contributed by atoms with Gasteiger partial charge < -0.3 is 20.3 Å². The monoisotopic (exact) mass is 557 g/mol. The lowest BCUT2D eigenvalue weighted by molar-refractivity contribution is -0.143. The Morgan fingerprint density at radius 1 is 1.00 bits per heavy atom. The third-order valence-corrected chi connectivity index (χ3v) is 7.07. The van der Waals surface area contributed by atoms with Crippen LogP contribution < -0.4 is 10.6 Å². The number of nitrogens with zero attached hydrogens (tertiary/aromatic N) is 1. The molecule has 226 valence electrons. The normalized spacial score (nSPS) is 14.4. The maximum atomic E-state index is 14.4. The number of ether oxygens (including phenoxy) is 1. The number of carbonyl (C=O) groups is 3. The molecule has 4 atom stereocenters. The van der Waals surface area contributed by atoms with E-state index >= 15 is 0 Å². The van der Waals surface area contributed by atoms with E-state index in [0.717, 1.165) is 56.1 Å². The Hall–Kier alpha value is -2.83. The molecule has 1 rings (SSSR count). The van der Waals surface area contributed by atoms with Crippen molar-refractivity contribution in [2.24, 2.45) is 5.92 Å². The minimum atomic E-state index is -0.843. The first kappa shape index (κ1) is 35.2. The van der Waals surface area contributed by atoms with Crippen LogP contribution >= 0.6 is 0 Å². The van der Waals surface area contributed by atoms with Crippen LogP contribution in [0.15, 0.2) is 30.8 Å². The first-order valence-electron chi connectivity index (χ1n) is 15.2. The Morgan fingerprint density at radius 3 is 2.25 bits per heavy atom. The molecule has 0 fully saturated rings. The SMILES string of the molecule is C=Cc1cccc(C(C(=O)NC(C)CCC)N(CCCCCCC)C(=O)C(NC(=O)OC(C)(C)C)C(C)CC)c1. The number of hydrogen-bond acceptors (Lipinski definition) is 4. The average Bonchev–Trinajstić information content (AvgIpc) is 2.89. The molecule has 0 heterocycles. The van der Waals surface area contributed by atoms with E-state index in [-0.39, 0.29) is 23.8 Å². The molecule has 0 radical (unpaired) electrons. The van der Waals surface area contributed by atoms with Gasteiger partial charge in [0.15, 0.2) is 0 Å². The number of carbonyl (C=O) groups excluding carboxylic acids is 3. The molecule has 2 N–H and O–H groups in total. The van der Waals surface area contributed by atoms with Gasteiger partial charge in [-0.2, -0.15) is 0 Å². The molecule has 4 unspecified atom stereocenters. The van der Waals surface area contributed by atoms with E-state index in [0.29, 0.717) is 13.0 Å². The standard InChI is InChI=1S/C33H55N3O4/c1-10-14-15-16-17-22-36(31(38)28(24(5)12-3)35-32(39)40-33(7,8)9)29(30(37)34-25(6)19-11-2)27-21-18-20-26(13-4)23-27/h13,18,20-21,23-25,28-29H,4,10-12,14-17,19,22H2,1-3,5-9H3,(H,34,37)(H,35,39). The van der Waals surface area contributed by atoms with Crippen LogP contribution in [0.4, 0.5) is 4.79 Å². The summed E-state index contributed by atoms with van der Waals surface area (Å²) in [6, 6.07) is 5.91. The number of unbranched alkanes of at least 4 members (excludes halogenated alkanes) is 4. The van der Waals surface area contributed by atoms with Gasteiger partial charge in [0.1, 0.15) is 17.7 Å². The highest BCUT2D eigenvalue weighted by Crippen LogP contribution is 2.27. The molecule has 0 aliphatic heterocycles. The van der Waals surface area contributed by atoms with Crippen LogP contribution in [0.3, 0.4) is 0 Å². The van der Waals surface area contributed by atoms with Gasteiger partial charge in [0.25, 0.3) is 0 Å². The van der Waals surface area contributed by atoms with Gasteiger partial charge >= 0.3 is 6.09 Å². The first-order chi connectivity index (χ1) is 18.9. The maximum absolute atomic E-state index is 14.4. The fourth-order valence-electron chi connectivity index (χ4n) is 4.70. The number of hydrogen-bond donors (Lipinski definition) is 2. The van der Waals surface area contributed by atoms with Crippen LogP contribution in [0.5, 0.6) is 0 Å². The number of benzene rings is 1. The molecule has 0 saturated carbocycles. The van der Waals surface area contributed by atoms with Gasteiger partial charge in [-0.3, -0.25) is 9.59 Å². The van der Waals surface area contributed by atoms with Crippen molar-refractivity contribution >= 4 is 24.0 Å². The predicted octanol–water partition coefficient (Wildman–Crippen LogP) is 7.41. The van der Waals surface area contributed by atoms with Gasteiger partial charge in [-0.25, -0.2) is 4.79 Å². The molecule has 0 saturated heterocycles. The molecule has 0 aromatic heterocycles. The summed E-state index contributed by atoms with van der Waals surface area (Å²) in [4.78, 5) is 42.8. The van der Waals surface area contributed by atoms with Crippen molar-refractivity contribution in [2.45, 2.75) is 130 Å². The van der Waals surface area contributed by atoms with Crippen molar-refractivity contribution in [3.05, 3.63) is 42.0 Å². The second kappa shape index (κ2) is 17.8. The van der Waals surface area contributed by atoms with E-state index in [1.807, 2.05) is 45.0 Å². The molecule has 7 heteroatoms. The van der Waals surface area contributed by atoms with Gasteiger partial charge in [-0.1, -0.05) is 97.1 Å². The van der Waals surface area contributed by atoms with E-state index < -0.39 is 23.8 Å². The topological polar surface area (TPSA) is 87.7 Å². The van der Waals surface area contributed by atoms with Gasteiger partial charge in [0.05, 0.1) is 0 Å². The molecule has 0 aliphatic rings. The zero-order valence-corrected chi connectivity index (χ0v) is 26.3. The van der Waals surface area contributed by atoms with E-state index in [9.17, 15) is 14.4 Å². The summed E-state index contributed by atoms with van der Waals surface area (Å²) in [6.45, 7) is 19.8. The molecule has 40 heavy (non-hydrogen) atoms. The van der Waals surface area contributed by atoms with Gasteiger partial charge in [-0.15, -0.1) is 0 Å². The third kappa shape index (κ3) is 12.1. The zero-order valence-electron chi connectivity index (χ0n) is 26.3. The number of rotatable bonds is 17. The van der Waals surface area contributed by atoms with Crippen LogP contribution in [-0.4, -0.2) is 47.0 Å². The second-order valence-corrected chi connectivity index (χ2v) is 11.9. The number of alkyl carbamates (subject to hydrolysis) is 1. The summed E-state index contributed by atoms with van der Waals surface area (Å²) in [7, 11) is 0. The van der Waals surface area contributed by atoms with Crippen molar-refractivity contribution in [3.8, 4) is 0 Å². The Bertz CT molecular complexity index is 940. The fraction of sp³-hybridized carbons (Fsp3) is 0.667. The fourth-order valence-corrected chi connectivity index (χ4v) is 4.70. The lowest BCUT2D eigenvalue weighted by atomic mass is 9.94. The van der Waals surface area contributed by atoms with Gasteiger partial charge in [0.2, 0.25) is 11.8 Å². The van der Waals surface area contributed by atoms with Crippen molar-refractivity contribution in [1.29, 1.82) is 0 Å². The van der Waals surface area contributed by atoms with Crippen molar-refractivity contribution in [1.82, 2.24) is 15.5 Å². The Morgan fingerprint density at radius 2 is 1.68 bits per heavy atom. The lowest BCUT2D eigenvalue weighted by Gasteiger charge is -2.36. The molecule has 0 bridgehead atoms. The van der Waals surface area contributed by atoms with E-state index in [4.69, 9.17) is 4.74 Å². The second-order valence-electron chi connectivity index (χ2n) is 11.9. The van der Waals surface area contributed by atoms with E-state index in [1.165, 1.54) is 0 Å². The zero-order chi connectivity index (χ0) is 30.3. The van der Waals surface area contributed by atoms with E-state index in [2.05, 4.69) is 31.1 Å². The Balaban J connectivity index is 3.57. The summed E-state index contributed by atoms with van der Waals surface area (Å²) < 4.78 is 5.51. The summed E-state index contributed by atoms with van der Waals surface area (Å²) in [6.07, 6.45) is 8.59. The van der Waals surface area contributed by atoms with Crippen LogP contribution in [-0.2, 0) is 14.3 Å². The average molecular weight is 558 g/mol. The molecule has 1 aromatic rings. The largest absolute Gasteiger partial charge is 0.444 e. The van der Waals surface area contributed by atoms with Crippen LogP contribution in [0.2, 0.25) is 0 Å². The van der Waals surface area contributed by atoms with Crippen LogP contribution in [0.1, 0.15) is 124 Å². The highest BCUT2D eigenvalue weighted by atomic mass is 16.6. The number of nitrogens with one attached hydrogen (secondary N) is 2. The predicted molar refractivity (Wildman–Crippen MR) is 165 cm³/mol. The summed E-state index contributed by atoms with van der Waals surface area (Å²) in [5, 5.41) is 5.99. The maximum Gasteiger partial charge on any atom is 0.408 e. The highest BCUT2D eigenvalue weighted by Gasteiger charge is 2.38. The molecular formula is C33H55N3O4. The molecule has 7 nitrogen and oxygen atoms in total. The smallest absolute Gasteiger partial charge is 0.408 e. The summed E-state index contributed by atoms with van der Waals surface area (Å²) >= 11 is 0. The molecule has 3 amide bonds. The van der Waals surface area contributed by atoms with Gasteiger partial charge in [0, 0.05) is 12.6 Å². The first-order valence-corrected chi connectivity index (χ1v) is 15.2. The summed E-state index contributed by atoms with van der Waals surface area (Å²) in [5.41, 5.74) is 0.896. The molecule has 0 aliphatic carbocycles. The van der Waals surface area contributed by atoms with Crippen LogP contribution in [0, 0.1) is 5.92 Å². The molecule has 1 aromatic carbocycles. The van der Waals surface area contributed by atoms with E-state index in [1.54, 1.807) is 31.7 Å². The Labute approximate surface area is 243 Å². The Kier molecular flexibility index (Phi) is 15.6.